The van der Waals surface area contributed by atoms with E-state index in [9.17, 15) is 4.79 Å². The average molecular weight is 313 g/mol. The Morgan fingerprint density at radius 3 is 2.82 bits per heavy atom. The number of imidazole rings is 1. The number of urea groups is 1. The summed E-state index contributed by atoms with van der Waals surface area (Å²) in [6.07, 6.45) is 6.97. The molecule has 0 atom stereocenters. The molecule has 2 amide bonds. The van der Waals surface area contributed by atoms with Crippen LogP contribution in [0.1, 0.15) is 10.4 Å². The minimum atomic E-state index is -0.188. The van der Waals surface area contributed by atoms with Gasteiger partial charge in [0, 0.05) is 30.0 Å². The van der Waals surface area contributed by atoms with Crippen molar-refractivity contribution in [3.8, 4) is 5.82 Å². The number of rotatable bonds is 5. The van der Waals surface area contributed by atoms with Crippen molar-refractivity contribution in [1.29, 1.82) is 0 Å². The third-order valence-electron chi connectivity index (χ3n) is 3.03. The van der Waals surface area contributed by atoms with E-state index in [2.05, 4.69) is 20.6 Å². The monoisotopic (exact) mass is 313 g/mol. The molecule has 0 aromatic carbocycles. The molecule has 0 bridgehead atoms. The predicted molar refractivity (Wildman–Crippen MR) is 84.8 cm³/mol. The Bertz CT molecular complexity index is 707. The lowest BCUT2D eigenvalue weighted by Crippen LogP contribution is -2.34. The van der Waals surface area contributed by atoms with Crippen molar-refractivity contribution in [2.75, 3.05) is 0 Å². The van der Waals surface area contributed by atoms with Crippen LogP contribution in [0.3, 0.4) is 0 Å². The molecule has 0 aliphatic rings. The van der Waals surface area contributed by atoms with E-state index < -0.39 is 0 Å². The third-order valence-corrected chi connectivity index (χ3v) is 3.91. The summed E-state index contributed by atoms with van der Waals surface area (Å²) >= 11 is 1.62. The lowest BCUT2D eigenvalue weighted by atomic mass is 10.3. The van der Waals surface area contributed by atoms with Crippen LogP contribution in [0.5, 0.6) is 0 Å². The van der Waals surface area contributed by atoms with Crippen LogP contribution < -0.4 is 10.6 Å². The molecule has 2 N–H and O–H groups in total. The first-order chi connectivity index (χ1) is 10.8. The topological polar surface area (TPSA) is 71.8 Å². The second-order valence-electron chi connectivity index (χ2n) is 4.61. The highest BCUT2D eigenvalue weighted by molar-refractivity contribution is 7.09. The van der Waals surface area contributed by atoms with Crippen molar-refractivity contribution in [3.63, 3.8) is 0 Å². The maximum absolute atomic E-state index is 11.7. The van der Waals surface area contributed by atoms with Crippen LogP contribution >= 0.6 is 11.3 Å². The smallest absolute Gasteiger partial charge is 0.315 e. The van der Waals surface area contributed by atoms with Crippen molar-refractivity contribution in [2.45, 2.75) is 13.1 Å². The van der Waals surface area contributed by atoms with Gasteiger partial charge in [-0.1, -0.05) is 12.1 Å². The number of thiophene rings is 1. The van der Waals surface area contributed by atoms with Crippen LogP contribution in [0.2, 0.25) is 0 Å². The molecule has 3 aromatic heterocycles. The van der Waals surface area contributed by atoms with E-state index >= 15 is 0 Å². The largest absolute Gasteiger partial charge is 0.334 e. The van der Waals surface area contributed by atoms with E-state index in [1.807, 2.05) is 40.4 Å². The van der Waals surface area contributed by atoms with E-state index in [1.165, 1.54) is 0 Å². The maximum Gasteiger partial charge on any atom is 0.315 e. The molecule has 112 valence electrons. The third kappa shape index (κ3) is 3.70. The van der Waals surface area contributed by atoms with Gasteiger partial charge in [-0.05, 0) is 23.1 Å². The summed E-state index contributed by atoms with van der Waals surface area (Å²) in [6, 6.07) is 7.59. The van der Waals surface area contributed by atoms with Crippen LogP contribution in [0.4, 0.5) is 4.79 Å². The van der Waals surface area contributed by atoms with Crippen LogP contribution in [-0.2, 0) is 13.1 Å². The number of carbonyl (C=O) groups is 1. The summed E-state index contributed by atoms with van der Waals surface area (Å²) in [5.41, 5.74) is 0.940. The van der Waals surface area contributed by atoms with Gasteiger partial charge < -0.3 is 10.6 Å². The highest BCUT2D eigenvalue weighted by Gasteiger charge is 2.02. The molecule has 7 heteroatoms. The lowest BCUT2D eigenvalue weighted by Gasteiger charge is -2.07. The Balaban J connectivity index is 1.48. The molecule has 0 radical (unpaired) electrons. The van der Waals surface area contributed by atoms with Gasteiger partial charge in [-0.15, -0.1) is 11.3 Å². The van der Waals surface area contributed by atoms with Gasteiger partial charge in [0.05, 0.1) is 6.54 Å². The molecule has 22 heavy (non-hydrogen) atoms. The minimum Gasteiger partial charge on any atom is -0.334 e. The summed E-state index contributed by atoms with van der Waals surface area (Å²) in [5.74, 6) is 0.795. The highest BCUT2D eigenvalue weighted by atomic mass is 32.1. The van der Waals surface area contributed by atoms with Crippen LogP contribution in [-0.4, -0.2) is 20.6 Å². The number of hydrogen-bond donors (Lipinski definition) is 2. The molecule has 0 unspecified atom stereocenters. The normalized spacial score (nSPS) is 10.4. The number of amides is 2. The summed E-state index contributed by atoms with van der Waals surface area (Å²) in [7, 11) is 0. The summed E-state index contributed by atoms with van der Waals surface area (Å²) < 4.78 is 1.82. The quantitative estimate of drug-likeness (QED) is 0.759. The Labute approximate surface area is 131 Å². The maximum atomic E-state index is 11.7. The summed E-state index contributed by atoms with van der Waals surface area (Å²) in [5, 5.41) is 7.62. The molecule has 0 saturated heterocycles. The lowest BCUT2D eigenvalue weighted by molar-refractivity contribution is 0.240. The summed E-state index contributed by atoms with van der Waals surface area (Å²) in [4.78, 5) is 21.2. The van der Waals surface area contributed by atoms with E-state index in [0.717, 1.165) is 16.3 Å². The van der Waals surface area contributed by atoms with Gasteiger partial charge in [-0.3, -0.25) is 4.57 Å². The fraction of sp³-hybridized carbons (Fsp3) is 0.133. The molecule has 0 spiro atoms. The van der Waals surface area contributed by atoms with Gasteiger partial charge >= 0.3 is 6.03 Å². The van der Waals surface area contributed by atoms with Crippen molar-refractivity contribution in [3.05, 3.63) is 65.0 Å². The fourth-order valence-corrected chi connectivity index (χ4v) is 2.54. The van der Waals surface area contributed by atoms with E-state index in [0.29, 0.717) is 13.1 Å². The number of pyridine rings is 1. The predicted octanol–water partition coefficient (Wildman–Crippen LogP) is 2.33. The number of aromatic nitrogens is 3. The number of hydrogen-bond acceptors (Lipinski definition) is 4. The zero-order valence-corrected chi connectivity index (χ0v) is 12.6. The van der Waals surface area contributed by atoms with E-state index in [4.69, 9.17) is 0 Å². The second kappa shape index (κ2) is 6.86. The van der Waals surface area contributed by atoms with E-state index in [1.54, 1.807) is 30.1 Å². The number of nitrogens with zero attached hydrogens (tertiary/aromatic N) is 3. The zero-order chi connectivity index (χ0) is 15.2. The molecule has 0 aliphatic heterocycles. The van der Waals surface area contributed by atoms with Gasteiger partial charge in [0.1, 0.15) is 12.1 Å². The fourth-order valence-electron chi connectivity index (χ4n) is 1.89. The van der Waals surface area contributed by atoms with Crippen LogP contribution in [0.15, 0.2) is 54.6 Å². The average Bonchev–Trinajstić information content (AvgIpc) is 3.24. The molecular weight excluding hydrogens is 298 g/mol. The molecule has 0 aliphatic carbocycles. The van der Waals surface area contributed by atoms with Crippen molar-refractivity contribution >= 4 is 17.4 Å². The van der Waals surface area contributed by atoms with Gasteiger partial charge in [0.25, 0.3) is 0 Å². The van der Waals surface area contributed by atoms with Crippen LogP contribution in [0, 0.1) is 0 Å². The molecule has 0 fully saturated rings. The Morgan fingerprint density at radius 1 is 1.23 bits per heavy atom. The molecule has 3 aromatic rings. The van der Waals surface area contributed by atoms with Crippen LogP contribution in [0.25, 0.3) is 5.82 Å². The van der Waals surface area contributed by atoms with Gasteiger partial charge in [0.15, 0.2) is 0 Å². The SMILES string of the molecule is O=C(NCc1ccc(-n2ccnc2)nc1)NCc1cccs1. The first-order valence-corrected chi connectivity index (χ1v) is 7.66. The Kier molecular flexibility index (Phi) is 4.45. The van der Waals surface area contributed by atoms with Crippen molar-refractivity contribution in [1.82, 2.24) is 25.2 Å². The van der Waals surface area contributed by atoms with Gasteiger partial charge in [-0.2, -0.15) is 0 Å². The standard InChI is InChI=1S/C15H15N5OS/c21-15(19-10-13-2-1-7-22-13)18-9-12-3-4-14(17-8-12)20-6-5-16-11-20/h1-8,11H,9-10H2,(H2,18,19,21). The van der Waals surface area contributed by atoms with Gasteiger partial charge in [-0.25, -0.2) is 14.8 Å². The number of nitrogens with one attached hydrogen (secondary N) is 2. The Hall–Kier alpha value is -2.67. The molecule has 6 nitrogen and oxygen atoms in total. The summed E-state index contributed by atoms with van der Waals surface area (Å²) in [6.45, 7) is 0.981. The number of carbonyl (C=O) groups excluding carboxylic acids is 1. The second-order valence-corrected chi connectivity index (χ2v) is 5.64. The van der Waals surface area contributed by atoms with E-state index in [-0.39, 0.29) is 6.03 Å². The molecule has 0 saturated carbocycles. The first kappa shape index (κ1) is 14.3. The zero-order valence-electron chi connectivity index (χ0n) is 11.8. The minimum absolute atomic E-state index is 0.188. The van der Waals surface area contributed by atoms with Crippen molar-refractivity contribution in [2.24, 2.45) is 0 Å². The molecule has 3 rings (SSSR count). The molecule has 3 heterocycles. The van der Waals surface area contributed by atoms with Gasteiger partial charge in [0.2, 0.25) is 0 Å². The Morgan fingerprint density at radius 2 is 2.14 bits per heavy atom. The highest BCUT2D eigenvalue weighted by Crippen LogP contribution is 2.07. The first-order valence-electron chi connectivity index (χ1n) is 6.78. The van der Waals surface area contributed by atoms with Crippen molar-refractivity contribution < 1.29 is 4.79 Å². The molecular formula is C15H15N5OS.